The van der Waals surface area contributed by atoms with Crippen molar-refractivity contribution in [2.75, 3.05) is 4.72 Å². The number of hydrogen-bond acceptors (Lipinski definition) is 3. The van der Waals surface area contributed by atoms with Crippen LogP contribution in [0, 0.1) is 0 Å². The number of hydrogen-bond donors (Lipinski definition) is 2. The Kier molecular flexibility index (Phi) is 6.83. The molecule has 0 radical (unpaired) electrons. The first-order chi connectivity index (χ1) is 12.3. The zero-order valence-corrected chi connectivity index (χ0v) is 16.1. The van der Waals surface area contributed by atoms with Crippen molar-refractivity contribution in [2.24, 2.45) is 0 Å². The van der Waals surface area contributed by atoms with Crippen molar-refractivity contribution < 1.29 is 13.2 Å². The highest BCUT2D eigenvalue weighted by Gasteiger charge is 2.15. The first kappa shape index (κ1) is 20.0. The molecule has 0 spiro atoms. The van der Waals surface area contributed by atoms with Gasteiger partial charge in [0.25, 0.3) is 10.0 Å². The SMILES string of the molecule is CCC(C)NC(=O)/C=C/c1ccc(S(=O)(=O)Nc2ccccc2Cl)cc1. The molecule has 0 fully saturated rings. The molecule has 138 valence electrons. The molecule has 0 bridgehead atoms. The second kappa shape index (κ2) is 8.87. The summed E-state index contributed by atoms with van der Waals surface area (Å²) in [5.74, 6) is -0.184. The molecule has 1 unspecified atom stereocenters. The van der Waals surface area contributed by atoms with Gasteiger partial charge in [-0.3, -0.25) is 9.52 Å². The largest absolute Gasteiger partial charge is 0.350 e. The average Bonchev–Trinajstić information content (AvgIpc) is 2.62. The van der Waals surface area contributed by atoms with Gasteiger partial charge in [0.2, 0.25) is 5.91 Å². The number of anilines is 1. The number of nitrogens with one attached hydrogen (secondary N) is 2. The number of rotatable bonds is 7. The third kappa shape index (κ3) is 5.61. The number of benzene rings is 2. The minimum atomic E-state index is -3.74. The highest BCUT2D eigenvalue weighted by molar-refractivity contribution is 7.92. The molecule has 1 amide bonds. The van der Waals surface area contributed by atoms with Crippen molar-refractivity contribution in [2.45, 2.75) is 31.2 Å². The molecule has 2 aromatic carbocycles. The molecule has 2 N–H and O–H groups in total. The number of amides is 1. The zero-order chi connectivity index (χ0) is 19.2. The lowest BCUT2D eigenvalue weighted by Crippen LogP contribution is -2.30. The molecule has 0 aliphatic rings. The topological polar surface area (TPSA) is 75.3 Å². The number of para-hydroxylation sites is 1. The molecule has 2 aromatic rings. The van der Waals surface area contributed by atoms with E-state index in [0.29, 0.717) is 10.7 Å². The van der Waals surface area contributed by atoms with E-state index in [1.54, 1.807) is 42.5 Å². The highest BCUT2D eigenvalue weighted by atomic mass is 35.5. The van der Waals surface area contributed by atoms with Gasteiger partial charge in [-0.25, -0.2) is 8.42 Å². The lowest BCUT2D eigenvalue weighted by Gasteiger charge is -2.10. The Morgan fingerprint density at radius 1 is 1.15 bits per heavy atom. The molecule has 0 aliphatic carbocycles. The second-order valence-electron chi connectivity index (χ2n) is 5.81. The van der Waals surface area contributed by atoms with Crippen molar-refractivity contribution in [3.63, 3.8) is 0 Å². The van der Waals surface area contributed by atoms with Crippen LogP contribution in [0.3, 0.4) is 0 Å². The zero-order valence-electron chi connectivity index (χ0n) is 14.6. The number of sulfonamides is 1. The van der Waals surface area contributed by atoms with Crippen LogP contribution in [0.25, 0.3) is 6.08 Å². The standard InChI is InChI=1S/C19H21ClN2O3S/c1-3-14(2)21-19(23)13-10-15-8-11-16(12-9-15)26(24,25)22-18-7-5-4-6-17(18)20/h4-14,22H,3H2,1-2H3,(H,21,23)/b13-10+. The Bertz CT molecular complexity index is 893. The van der Waals surface area contributed by atoms with E-state index in [4.69, 9.17) is 11.6 Å². The smallest absolute Gasteiger partial charge is 0.261 e. The summed E-state index contributed by atoms with van der Waals surface area (Å²) in [5, 5.41) is 3.15. The Hall–Kier alpha value is -2.31. The molecular weight excluding hydrogens is 372 g/mol. The fraction of sp³-hybridized carbons (Fsp3) is 0.211. The van der Waals surface area contributed by atoms with Crippen molar-refractivity contribution in [1.29, 1.82) is 0 Å². The van der Waals surface area contributed by atoms with Crippen LogP contribution in [0.5, 0.6) is 0 Å². The van der Waals surface area contributed by atoms with Crippen LogP contribution < -0.4 is 10.0 Å². The summed E-state index contributed by atoms with van der Waals surface area (Å²) in [6.07, 6.45) is 3.91. The molecule has 1 atom stereocenters. The summed E-state index contributed by atoms with van der Waals surface area (Å²) in [6, 6.07) is 12.9. The van der Waals surface area contributed by atoms with Crippen LogP contribution >= 0.6 is 11.6 Å². The Labute approximate surface area is 159 Å². The average molecular weight is 393 g/mol. The van der Waals surface area contributed by atoms with Gasteiger partial charge in [-0.05, 0) is 49.2 Å². The maximum absolute atomic E-state index is 12.4. The Morgan fingerprint density at radius 3 is 2.42 bits per heavy atom. The molecular formula is C19H21ClN2O3S. The number of halogens is 1. The van der Waals surface area contributed by atoms with Crippen LogP contribution in [0.2, 0.25) is 5.02 Å². The third-order valence-corrected chi connectivity index (χ3v) is 5.45. The summed E-state index contributed by atoms with van der Waals surface area (Å²) < 4.78 is 27.3. The molecule has 0 saturated carbocycles. The van der Waals surface area contributed by atoms with E-state index in [1.165, 1.54) is 18.2 Å². The lowest BCUT2D eigenvalue weighted by molar-refractivity contribution is -0.117. The molecule has 26 heavy (non-hydrogen) atoms. The molecule has 0 aromatic heterocycles. The quantitative estimate of drug-likeness (QED) is 0.697. The fourth-order valence-electron chi connectivity index (χ4n) is 2.07. The summed E-state index contributed by atoms with van der Waals surface area (Å²) in [5.41, 5.74) is 1.04. The Balaban J connectivity index is 2.08. The van der Waals surface area contributed by atoms with E-state index in [1.807, 2.05) is 13.8 Å². The Morgan fingerprint density at radius 2 is 1.81 bits per heavy atom. The molecule has 0 heterocycles. The summed E-state index contributed by atoms with van der Waals surface area (Å²) >= 11 is 5.99. The summed E-state index contributed by atoms with van der Waals surface area (Å²) in [6.45, 7) is 3.92. The van der Waals surface area contributed by atoms with E-state index >= 15 is 0 Å². The molecule has 5 nitrogen and oxygen atoms in total. The van der Waals surface area contributed by atoms with E-state index in [9.17, 15) is 13.2 Å². The predicted octanol–water partition coefficient (Wildman–Crippen LogP) is 4.07. The van der Waals surface area contributed by atoms with Crippen molar-refractivity contribution in [3.05, 3.63) is 65.2 Å². The normalized spacial score (nSPS) is 12.7. The molecule has 0 saturated heterocycles. The van der Waals surface area contributed by atoms with Gasteiger partial charge in [0.1, 0.15) is 0 Å². The van der Waals surface area contributed by atoms with Gasteiger partial charge in [-0.15, -0.1) is 0 Å². The van der Waals surface area contributed by atoms with Gasteiger partial charge in [0.05, 0.1) is 15.6 Å². The third-order valence-electron chi connectivity index (χ3n) is 3.74. The van der Waals surface area contributed by atoms with E-state index < -0.39 is 10.0 Å². The monoisotopic (exact) mass is 392 g/mol. The van der Waals surface area contributed by atoms with Crippen molar-refractivity contribution in [3.8, 4) is 0 Å². The van der Waals surface area contributed by atoms with Crippen molar-refractivity contribution in [1.82, 2.24) is 5.32 Å². The highest BCUT2D eigenvalue weighted by Crippen LogP contribution is 2.24. The second-order valence-corrected chi connectivity index (χ2v) is 7.90. The van der Waals surface area contributed by atoms with Gasteiger partial charge < -0.3 is 5.32 Å². The van der Waals surface area contributed by atoms with Crippen LogP contribution in [0.15, 0.2) is 59.5 Å². The summed E-state index contributed by atoms with van der Waals surface area (Å²) in [4.78, 5) is 11.8. The maximum Gasteiger partial charge on any atom is 0.261 e. The molecule has 2 rings (SSSR count). The minimum absolute atomic E-state index is 0.107. The molecule has 0 aliphatic heterocycles. The van der Waals surface area contributed by atoms with Crippen LogP contribution in [-0.4, -0.2) is 20.4 Å². The maximum atomic E-state index is 12.4. The van der Waals surface area contributed by atoms with Crippen molar-refractivity contribution >= 4 is 39.3 Å². The van der Waals surface area contributed by atoms with Gasteiger partial charge in [-0.2, -0.15) is 0 Å². The van der Waals surface area contributed by atoms with Gasteiger partial charge >= 0.3 is 0 Å². The van der Waals surface area contributed by atoms with Crippen LogP contribution in [-0.2, 0) is 14.8 Å². The van der Waals surface area contributed by atoms with Crippen LogP contribution in [0.4, 0.5) is 5.69 Å². The van der Waals surface area contributed by atoms with Gasteiger partial charge in [-0.1, -0.05) is 42.8 Å². The number of carbonyl (C=O) groups is 1. The van der Waals surface area contributed by atoms with E-state index in [-0.39, 0.29) is 16.8 Å². The number of carbonyl (C=O) groups excluding carboxylic acids is 1. The van der Waals surface area contributed by atoms with Crippen LogP contribution in [0.1, 0.15) is 25.8 Å². The first-order valence-corrected chi connectivity index (χ1v) is 10.0. The minimum Gasteiger partial charge on any atom is -0.350 e. The predicted molar refractivity (Wildman–Crippen MR) is 106 cm³/mol. The lowest BCUT2D eigenvalue weighted by atomic mass is 10.2. The summed E-state index contributed by atoms with van der Waals surface area (Å²) in [7, 11) is -3.74. The first-order valence-electron chi connectivity index (χ1n) is 8.18. The van der Waals surface area contributed by atoms with Gasteiger partial charge in [0.15, 0.2) is 0 Å². The fourth-order valence-corrected chi connectivity index (χ4v) is 3.39. The van der Waals surface area contributed by atoms with Gasteiger partial charge in [0, 0.05) is 12.1 Å². The molecule has 7 heteroatoms. The van der Waals surface area contributed by atoms with E-state index in [2.05, 4.69) is 10.0 Å². The van der Waals surface area contributed by atoms with E-state index in [0.717, 1.165) is 12.0 Å².